The van der Waals surface area contributed by atoms with Crippen LogP contribution in [0.3, 0.4) is 0 Å². The van der Waals surface area contributed by atoms with Crippen molar-refractivity contribution in [2.75, 3.05) is 13.4 Å². The van der Waals surface area contributed by atoms with Gasteiger partial charge in [0.1, 0.15) is 22.8 Å². The Morgan fingerprint density at radius 3 is 2.74 bits per heavy atom. The molecule has 0 spiro atoms. The van der Waals surface area contributed by atoms with E-state index in [-0.39, 0.29) is 24.1 Å². The molecule has 0 saturated heterocycles. The first-order valence-electron chi connectivity index (χ1n) is 10.8. The van der Waals surface area contributed by atoms with E-state index in [0.717, 1.165) is 47.5 Å². The maximum Gasteiger partial charge on any atom is 0.231 e. The zero-order chi connectivity index (χ0) is 21.6. The van der Waals surface area contributed by atoms with E-state index < -0.39 is 0 Å². The van der Waals surface area contributed by atoms with Crippen LogP contribution >= 0.6 is 0 Å². The van der Waals surface area contributed by atoms with E-state index in [9.17, 15) is 5.11 Å². The maximum absolute atomic E-state index is 10.5. The van der Waals surface area contributed by atoms with E-state index in [0.29, 0.717) is 18.1 Å². The number of phenols is 1. The molecule has 3 heterocycles. The predicted molar refractivity (Wildman–Crippen MR) is 119 cm³/mol. The van der Waals surface area contributed by atoms with Gasteiger partial charge in [-0.05, 0) is 69.9 Å². The summed E-state index contributed by atoms with van der Waals surface area (Å²) in [6, 6.07) is 7.63. The molecule has 0 bridgehead atoms. The second-order valence-corrected chi connectivity index (χ2v) is 9.01. The van der Waals surface area contributed by atoms with Crippen LogP contribution in [0.15, 0.2) is 42.0 Å². The first-order chi connectivity index (χ1) is 14.9. The highest BCUT2D eigenvalue weighted by molar-refractivity contribution is 5.70. The second-order valence-electron chi connectivity index (χ2n) is 9.01. The Balaban J connectivity index is 1.37. The van der Waals surface area contributed by atoms with Crippen molar-refractivity contribution in [2.45, 2.75) is 51.6 Å². The number of hydrogen-bond acceptors (Lipinski definition) is 5. The third-order valence-electron chi connectivity index (χ3n) is 6.23. The molecule has 5 rings (SSSR count). The highest BCUT2D eigenvalue weighted by Crippen LogP contribution is 2.46. The van der Waals surface area contributed by atoms with Gasteiger partial charge in [-0.2, -0.15) is 0 Å². The number of ether oxygens (including phenoxy) is 4. The van der Waals surface area contributed by atoms with Gasteiger partial charge < -0.3 is 24.1 Å². The van der Waals surface area contributed by atoms with Gasteiger partial charge in [0, 0.05) is 17.5 Å². The minimum atomic E-state index is -0.317. The van der Waals surface area contributed by atoms with E-state index in [2.05, 4.69) is 45.1 Å². The van der Waals surface area contributed by atoms with Gasteiger partial charge in [0.05, 0.1) is 12.2 Å². The van der Waals surface area contributed by atoms with Gasteiger partial charge in [-0.3, -0.25) is 0 Å². The molecule has 0 saturated carbocycles. The normalized spacial score (nSPS) is 22.7. The molecule has 31 heavy (non-hydrogen) atoms. The van der Waals surface area contributed by atoms with Crippen molar-refractivity contribution in [2.24, 2.45) is 0 Å². The van der Waals surface area contributed by atoms with Crippen LogP contribution < -0.4 is 18.9 Å². The fourth-order valence-electron chi connectivity index (χ4n) is 4.51. The van der Waals surface area contributed by atoms with Crippen LogP contribution in [0.1, 0.15) is 56.2 Å². The minimum absolute atomic E-state index is 0.0443. The number of phenolic OH excluding ortho intramolecular Hbond substituents is 1. The molecule has 0 fully saturated rings. The zero-order valence-electron chi connectivity index (χ0n) is 18.2. The predicted octanol–water partition coefficient (Wildman–Crippen LogP) is 5.75. The Kier molecular flexibility index (Phi) is 4.84. The minimum Gasteiger partial charge on any atom is -0.508 e. The van der Waals surface area contributed by atoms with Gasteiger partial charge >= 0.3 is 0 Å². The Bertz CT molecular complexity index is 1080. The maximum atomic E-state index is 10.5. The lowest BCUT2D eigenvalue weighted by atomic mass is 9.87. The number of hydrogen-bond donors (Lipinski definition) is 1. The smallest absolute Gasteiger partial charge is 0.231 e. The van der Waals surface area contributed by atoms with E-state index in [1.807, 2.05) is 12.1 Å². The molecule has 1 N–H and O–H groups in total. The Morgan fingerprint density at radius 2 is 1.94 bits per heavy atom. The lowest BCUT2D eigenvalue weighted by Gasteiger charge is -2.34. The van der Waals surface area contributed by atoms with Crippen molar-refractivity contribution >= 4 is 6.08 Å². The molecule has 2 aromatic carbocycles. The van der Waals surface area contributed by atoms with Crippen LogP contribution in [-0.4, -0.2) is 24.1 Å². The highest BCUT2D eigenvalue weighted by atomic mass is 16.7. The third-order valence-corrected chi connectivity index (χ3v) is 6.23. The summed E-state index contributed by atoms with van der Waals surface area (Å²) >= 11 is 0. The SMILES string of the molecule is CC(C)=CCC[C@]1(C)C=Cc2c(ccc3c2OC[C@@H](c2cc4c(cc2O)OCO4)C3)O1. The highest BCUT2D eigenvalue weighted by Gasteiger charge is 2.32. The van der Waals surface area contributed by atoms with E-state index in [4.69, 9.17) is 18.9 Å². The van der Waals surface area contributed by atoms with Crippen molar-refractivity contribution in [3.8, 4) is 28.7 Å². The summed E-state index contributed by atoms with van der Waals surface area (Å²) in [6.07, 6.45) is 9.23. The molecule has 0 aromatic heterocycles. The lowest BCUT2D eigenvalue weighted by molar-refractivity contribution is 0.127. The molecule has 0 unspecified atom stereocenters. The average Bonchev–Trinajstić information content (AvgIpc) is 3.19. The topological polar surface area (TPSA) is 57.2 Å². The summed E-state index contributed by atoms with van der Waals surface area (Å²) in [7, 11) is 0. The first kappa shape index (κ1) is 19.9. The summed E-state index contributed by atoms with van der Waals surface area (Å²) < 4.78 is 23.4. The van der Waals surface area contributed by atoms with E-state index in [1.165, 1.54) is 5.57 Å². The van der Waals surface area contributed by atoms with Gasteiger partial charge in [0.15, 0.2) is 11.5 Å². The van der Waals surface area contributed by atoms with Gasteiger partial charge in [0.2, 0.25) is 6.79 Å². The molecule has 0 aliphatic carbocycles. The summed E-state index contributed by atoms with van der Waals surface area (Å²) in [6.45, 7) is 7.05. The van der Waals surface area contributed by atoms with Crippen LogP contribution in [0.5, 0.6) is 28.7 Å². The molecule has 2 aromatic rings. The molecule has 5 heteroatoms. The number of fused-ring (bicyclic) bond motifs is 4. The van der Waals surface area contributed by atoms with Gasteiger partial charge in [-0.1, -0.05) is 17.7 Å². The van der Waals surface area contributed by atoms with Crippen molar-refractivity contribution in [3.05, 3.63) is 58.7 Å². The number of allylic oxidation sites excluding steroid dienone is 2. The van der Waals surface area contributed by atoms with Crippen molar-refractivity contribution in [1.82, 2.24) is 0 Å². The Labute approximate surface area is 182 Å². The molecule has 3 aliphatic heterocycles. The monoisotopic (exact) mass is 420 g/mol. The van der Waals surface area contributed by atoms with E-state index in [1.54, 1.807) is 6.07 Å². The van der Waals surface area contributed by atoms with Gasteiger partial charge in [0.25, 0.3) is 0 Å². The molecule has 5 nitrogen and oxygen atoms in total. The summed E-state index contributed by atoms with van der Waals surface area (Å²) in [5.41, 5.74) is 3.96. The summed E-state index contributed by atoms with van der Waals surface area (Å²) in [5, 5.41) is 10.5. The van der Waals surface area contributed by atoms with Gasteiger partial charge in [-0.15, -0.1) is 0 Å². The third kappa shape index (κ3) is 3.73. The largest absolute Gasteiger partial charge is 0.508 e. The molecular formula is C26H28O5. The van der Waals surface area contributed by atoms with Crippen molar-refractivity contribution in [3.63, 3.8) is 0 Å². The van der Waals surface area contributed by atoms with Crippen LogP contribution in [0.4, 0.5) is 0 Å². The van der Waals surface area contributed by atoms with Crippen LogP contribution in [-0.2, 0) is 6.42 Å². The van der Waals surface area contributed by atoms with E-state index >= 15 is 0 Å². The molecule has 2 atom stereocenters. The quantitative estimate of drug-likeness (QED) is 0.638. The number of rotatable bonds is 4. The Morgan fingerprint density at radius 1 is 1.13 bits per heavy atom. The fraction of sp³-hybridized carbons (Fsp3) is 0.385. The van der Waals surface area contributed by atoms with Crippen LogP contribution in [0.2, 0.25) is 0 Å². The van der Waals surface area contributed by atoms with Gasteiger partial charge in [-0.25, -0.2) is 0 Å². The molecule has 0 radical (unpaired) electrons. The summed E-state index contributed by atoms with van der Waals surface area (Å²) in [4.78, 5) is 0. The average molecular weight is 421 g/mol. The number of aromatic hydroxyl groups is 1. The number of benzene rings is 2. The summed E-state index contributed by atoms with van der Waals surface area (Å²) in [5.74, 6) is 3.27. The lowest BCUT2D eigenvalue weighted by Crippen LogP contribution is -2.32. The van der Waals surface area contributed by atoms with Crippen molar-refractivity contribution < 1.29 is 24.1 Å². The molecular weight excluding hydrogens is 392 g/mol. The molecule has 3 aliphatic rings. The second kappa shape index (κ2) is 7.56. The first-order valence-corrected chi connectivity index (χ1v) is 10.8. The molecule has 162 valence electrons. The Hall–Kier alpha value is -3.08. The standard InChI is InChI=1S/C26H28O5/c1-16(2)5-4-9-26(3)10-8-19-22(31-26)7-6-17-11-18(14-28-25(17)19)20-12-23-24(13-21(20)27)30-15-29-23/h5-8,10,12-13,18,27H,4,9,11,14-15H2,1-3H3/t18-,26+/m0/s1. The fourth-order valence-corrected chi connectivity index (χ4v) is 4.51. The zero-order valence-corrected chi connectivity index (χ0v) is 18.2. The van der Waals surface area contributed by atoms with Crippen molar-refractivity contribution in [1.29, 1.82) is 0 Å². The van der Waals surface area contributed by atoms with Crippen LogP contribution in [0, 0.1) is 0 Å². The van der Waals surface area contributed by atoms with Crippen LogP contribution in [0.25, 0.3) is 6.08 Å². The molecule has 0 amide bonds.